The van der Waals surface area contributed by atoms with Gasteiger partial charge in [0.25, 0.3) is 5.91 Å². The van der Waals surface area contributed by atoms with Gasteiger partial charge in [-0.05, 0) is 32.1 Å². The Hall–Kier alpha value is -2.32. The number of carbonyl (C=O) groups is 1. The predicted octanol–water partition coefficient (Wildman–Crippen LogP) is 3.75. The lowest BCUT2D eigenvalue weighted by atomic mass is 10.1. The van der Waals surface area contributed by atoms with Gasteiger partial charge in [-0.15, -0.1) is 0 Å². The average Bonchev–Trinajstić information content (AvgIpc) is 2.92. The maximum absolute atomic E-state index is 13.7. The highest BCUT2D eigenvalue weighted by Gasteiger charge is 2.36. The molecule has 0 bridgehead atoms. The number of anilines is 1. The standard InChI is InChI=1S/C19H24F3N5O/c20-19(21,22)15-13-16(25-8-6-3-7-9-25)23-17-12-14(24-27(15)17)18(28)26-10-4-1-2-5-11-26/h12-13H,1-11H2. The largest absolute Gasteiger partial charge is 0.433 e. The Bertz CT molecular complexity index is 849. The van der Waals surface area contributed by atoms with Crippen molar-refractivity contribution in [2.24, 2.45) is 0 Å². The molecule has 2 saturated heterocycles. The molecule has 0 aliphatic carbocycles. The van der Waals surface area contributed by atoms with E-state index in [0.717, 1.165) is 55.5 Å². The molecule has 2 aromatic rings. The van der Waals surface area contributed by atoms with E-state index in [4.69, 9.17) is 0 Å². The van der Waals surface area contributed by atoms with Crippen LogP contribution >= 0.6 is 0 Å². The Kier molecular flexibility index (Phi) is 5.16. The van der Waals surface area contributed by atoms with Gasteiger partial charge in [-0.1, -0.05) is 12.8 Å². The summed E-state index contributed by atoms with van der Waals surface area (Å²) in [6.45, 7) is 2.61. The van der Waals surface area contributed by atoms with Crippen LogP contribution in [-0.4, -0.2) is 51.6 Å². The van der Waals surface area contributed by atoms with E-state index in [-0.39, 0.29) is 17.2 Å². The molecule has 0 N–H and O–H groups in total. The van der Waals surface area contributed by atoms with Crippen molar-refractivity contribution < 1.29 is 18.0 Å². The van der Waals surface area contributed by atoms with E-state index < -0.39 is 11.9 Å². The number of halogens is 3. The molecule has 0 spiro atoms. The minimum atomic E-state index is -4.58. The van der Waals surface area contributed by atoms with Gasteiger partial charge in [-0.2, -0.15) is 18.3 Å². The molecule has 0 aromatic carbocycles. The fourth-order valence-electron chi connectivity index (χ4n) is 3.99. The van der Waals surface area contributed by atoms with Crippen LogP contribution in [0.2, 0.25) is 0 Å². The molecule has 2 fully saturated rings. The fraction of sp³-hybridized carbons (Fsp3) is 0.632. The third-order valence-corrected chi connectivity index (χ3v) is 5.50. The van der Waals surface area contributed by atoms with Crippen LogP contribution in [0.3, 0.4) is 0 Å². The van der Waals surface area contributed by atoms with Gasteiger partial charge in [-0.3, -0.25) is 4.79 Å². The van der Waals surface area contributed by atoms with Crippen LogP contribution < -0.4 is 4.90 Å². The number of hydrogen-bond acceptors (Lipinski definition) is 4. The van der Waals surface area contributed by atoms with Crippen molar-refractivity contribution in [3.05, 3.63) is 23.5 Å². The SMILES string of the molecule is O=C(c1cc2nc(N3CCCCC3)cc(C(F)(F)F)n2n1)N1CCCCCC1. The van der Waals surface area contributed by atoms with Gasteiger partial charge in [0.05, 0.1) is 0 Å². The lowest BCUT2D eigenvalue weighted by Crippen LogP contribution is -2.32. The number of amides is 1. The van der Waals surface area contributed by atoms with Crippen LogP contribution in [0, 0.1) is 0 Å². The first-order valence-electron chi connectivity index (χ1n) is 9.96. The highest BCUT2D eigenvalue weighted by Crippen LogP contribution is 2.32. The van der Waals surface area contributed by atoms with E-state index in [0.29, 0.717) is 32.0 Å². The second-order valence-corrected chi connectivity index (χ2v) is 7.55. The number of piperidine rings is 1. The van der Waals surface area contributed by atoms with Gasteiger partial charge >= 0.3 is 6.18 Å². The van der Waals surface area contributed by atoms with Crippen molar-refractivity contribution in [2.45, 2.75) is 51.1 Å². The highest BCUT2D eigenvalue weighted by molar-refractivity contribution is 5.93. The molecule has 0 unspecified atom stereocenters. The van der Waals surface area contributed by atoms with E-state index in [1.165, 1.54) is 6.07 Å². The van der Waals surface area contributed by atoms with Crippen LogP contribution in [0.4, 0.5) is 19.0 Å². The molecule has 0 saturated carbocycles. The van der Waals surface area contributed by atoms with Gasteiger partial charge in [0, 0.05) is 38.3 Å². The molecule has 28 heavy (non-hydrogen) atoms. The van der Waals surface area contributed by atoms with Gasteiger partial charge in [0.1, 0.15) is 5.82 Å². The molecule has 9 heteroatoms. The Balaban J connectivity index is 1.73. The highest BCUT2D eigenvalue weighted by atomic mass is 19.4. The third-order valence-electron chi connectivity index (χ3n) is 5.50. The molecule has 0 radical (unpaired) electrons. The van der Waals surface area contributed by atoms with Crippen molar-refractivity contribution in [1.29, 1.82) is 0 Å². The summed E-state index contributed by atoms with van der Waals surface area (Å²) in [5, 5.41) is 4.00. The normalized spacial score (nSPS) is 19.1. The number of rotatable bonds is 2. The second kappa shape index (κ2) is 7.60. The molecule has 0 atom stereocenters. The molecule has 4 rings (SSSR count). The Labute approximate surface area is 161 Å². The lowest BCUT2D eigenvalue weighted by Gasteiger charge is -2.28. The number of nitrogens with zero attached hydrogens (tertiary/aromatic N) is 5. The predicted molar refractivity (Wildman–Crippen MR) is 98.4 cm³/mol. The fourth-order valence-corrected chi connectivity index (χ4v) is 3.99. The molecule has 152 valence electrons. The van der Waals surface area contributed by atoms with Crippen LogP contribution in [-0.2, 0) is 6.18 Å². The number of alkyl halides is 3. The summed E-state index contributed by atoms with van der Waals surface area (Å²) in [5.41, 5.74) is -0.808. The Morgan fingerprint density at radius 1 is 0.893 bits per heavy atom. The number of hydrogen-bond donors (Lipinski definition) is 0. The molecule has 4 heterocycles. The van der Waals surface area contributed by atoms with Crippen molar-refractivity contribution in [3.63, 3.8) is 0 Å². The number of carbonyl (C=O) groups excluding carboxylic acids is 1. The average molecular weight is 395 g/mol. The maximum atomic E-state index is 13.7. The van der Waals surface area contributed by atoms with Crippen molar-refractivity contribution >= 4 is 17.4 Å². The number of fused-ring (bicyclic) bond motifs is 1. The first kappa shape index (κ1) is 19.0. The van der Waals surface area contributed by atoms with E-state index in [9.17, 15) is 18.0 Å². The van der Waals surface area contributed by atoms with Gasteiger partial charge < -0.3 is 9.80 Å². The molecule has 6 nitrogen and oxygen atoms in total. The van der Waals surface area contributed by atoms with Gasteiger partial charge in [-0.25, -0.2) is 9.50 Å². The summed E-state index contributed by atoms with van der Waals surface area (Å²) in [5.74, 6) is -0.0201. The zero-order valence-corrected chi connectivity index (χ0v) is 15.7. The molecular formula is C19H24F3N5O. The summed E-state index contributed by atoms with van der Waals surface area (Å²) < 4.78 is 41.8. The summed E-state index contributed by atoms with van der Waals surface area (Å²) in [6, 6.07) is 2.43. The smallest absolute Gasteiger partial charge is 0.356 e. The third kappa shape index (κ3) is 3.79. The summed E-state index contributed by atoms with van der Waals surface area (Å²) >= 11 is 0. The van der Waals surface area contributed by atoms with Crippen molar-refractivity contribution in [2.75, 3.05) is 31.1 Å². The monoisotopic (exact) mass is 395 g/mol. The van der Waals surface area contributed by atoms with Crippen LogP contribution in [0.25, 0.3) is 5.65 Å². The minimum Gasteiger partial charge on any atom is -0.356 e. The Morgan fingerprint density at radius 2 is 1.50 bits per heavy atom. The van der Waals surface area contributed by atoms with Crippen molar-refractivity contribution in [1.82, 2.24) is 19.5 Å². The second-order valence-electron chi connectivity index (χ2n) is 7.55. The molecule has 1 amide bonds. The topological polar surface area (TPSA) is 53.7 Å². The maximum Gasteiger partial charge on any atom is 0.433 e. The zero-order valence-electron chi connectivity index (χ0n) is 15.7. The first-order valence-corrected chi connectivity index (χ1v) is 9.96. The summed E-state index contributed by atoms with van der Waals surface area (Å²) in [7, 11) is 0. The van der Waals surface area contributed by atoms with Crippen LogP contribution in [0.5, 0.6) is 0 Å². The zero-order chi connectivity index (χ0) is 19.7. The molecule has 2 aliphatic heterocycles. The van der Waals surface area contributed by atoms with E-state index in [2.05, 4.69) is 10.1 Å². The Morgan fingerprint density at radius 3 is 2.14 bits per heavy atom. The van der Waals surface area contributed by atoms with E-state index >= 15 is 0 Å². The molecular weight excluding hydrogens is 371 g/mol. The number of likely N-dealkylation sites (tertiary alicyclic amines) is 1. The van der Waals surface area contributed by atoms with Gasteiger partial charge in [0.2, 0.25) is 0 Å². The van der Waals surface area contributed by atoms with Gasteiger partial charge in [0.15, 0.2) is 17.0 Å². The van der Waals surface area contributed by atoms with Crippen LogP contribution in [0.1, 0.15) is 61.1 Å². The summed E-state index contributed by atoms with van der Waals surface area (Å²) in [4.78, 5) is 20.8. The quantitative estimate of drug-likeness (QED) is 0.777. The van der Waals surface area contributed by atoms with Crippen LogP contribution in [0.15, 0.2) is 12.1 Å². The molecule has 2 aliphatic rings. The van der Waals surface area contributed by atoms with E-state index in [1.807, 2.05) is 4.90 Å². The minimum absolute atomic E-state index is 0.0238. The first-order chi connectivity index (χ1) is 13.4. The van der Waals surface area contributed by atoms with Crippen molar-refractivity contribution in [3.8, 4) is 0 Å². The lowest BCUT2D eigenvalue weighted by molar-refractivity contribution is -0.142. The number of aromatic nitrogens is 3. The molecule has 2 aromatic heterocycles. The van der Waals surface area contributed by atoms with E-state index in [1.54, 1.807) is 4.90 Å². The summed E-state index contributed by atoms with van der Waals surface area (Å²) in [6.07, 6.45) is 2.31.